The van der Waals surface area contributed by atoms with E-state index in [2.05, 4.69) is 24.3 Å². The van der Waals surface area contributed by atoms with Crippen LogP contribution in [0.4, 0.5) is 0 Å². The van der Waals surface area contributed by atoms with Crippen LogP contribution in [0.3, 0.4) is 0 Å². The molecule has 0 aromatic carbocycles. The van der Waals surface area contributed by atoms with Gasteiger partial charge in [0, 0.05) is 26.7 Å². The van der Waals surface area contributed by atoms with Crippen LogP contribution < -0.4 is 5.32 Å². The van der Waals surface area contributed by atoms with Crippen molar-refractivity contribution in [2.75, 3.05) is 34.7 Å². The van der Waals surface area contributed by atoms with Crippen molar-refractivity contribution in [1.82, 2.24) is 15.1 Å². The third-order valence-corrected chi connectivity index (χ3v) is 2.57. The van der Waals surface area contributed by atoms with E-state index in [-0.39, 0.29) is 11.9 Å². The standard InChI is InChI=1S/C10H21N3O/c1-12(2)7-8-5-6-9(11-8)10(14)13(3)4/h8-9,11H,5-7H2,1-4H3. The Kier molecular flexibility index (Phi) is 3.89. The maximum atomic E-state index is 11.6. The molecule has 0 radical (unpaired) electrons. The minimum Gasteiger partial charge on any atom is -0.347 e. The molecular weight excluding hydrogens is 178 g/mol. The Balaban J connectivity index is 2.37. The van der Waals surface area contributed by atoms with Crippen molar-refractivity contribution >= 4 is 5.91 Å². The van der Waals surface area contributed by atoms with Gasteiger partial charge in [-0.1, -0.05) is 0 Å². The molecule has 0 aliphatic carbocycles. The number of carbonyl (C=O) groups excluding carboxylic acids is 1. The quantitative estimate of drug-likeness (QED) is 0.681. The molecule has 82 valence electrons. The molecule has 0 bridgehead atoms. The summed E-state index contributed by atoms with van der Waals surface area (Å²) >= 11 is 0. The first-order valence-corrected chi connectivity index (χ1v) is 5.12. The van der Waals surface area contributed by atoms with Gasteiger partial charge in [-0.3, -0.25) is 4.79 Å². The fourth-order valence-electron chi connectivity index (χ4n) is 1.91. The Labute approximate surface area is 86.2 Å². The minimum atomic E-state index is 0.0370. The van der Waals surface area contributed by atoms with Gasteiger partial charge in [-0.15, -0.1) is 0 Å². The van der Waals surface area contributed by atoms with E-state index in [0.717, 1.165) is 19.4 Å². The Morgan fingerprint density at radius 1 is 1.29 bits per heavy atom. The van der Waals surface area contributed by atoms with Gasteiger partial charge in [0.1, 0.15) is 0 Å². The van der Waals surface area contributed by atoms with Gasteiger partial charge in [0.25, 0.3) is 0 Å². The zero-order valence-corrected chi connectivity index (χ0v) is 9.58. The summed E-state index contributed by atoms with van der Waals surface area (Å²) in [5.74, 6) is 0.200. The van der Waals surface area contributed by atoms with Crippen LogP contribution in [0.1, 0.15) is 12.8 Å². The van der Waals surface area contributed by atoms with Crippen LogP contribution in [0, 0.1) is 0 Å². The van der Waals surface area contributed by atoms with E-state index >= 15 is 0 Å². The minimum absolute atomic E-state index is 0.0370. The number of hydrogen-bond donors (Lipinski definition) is 1. The molecule has 2 unspecified atom stereocenters. The van der Waals surface area contributed by atoms with Crippen LogP contribution in [-0.2, 0) is 4.79 Å². The topological polar surface area (TPSA) is 35.6 Å². The highest BCUT2D eigenvalue weighted by Gasteiger charge is 2.29. The molecule has 1 heterocycles. The van der Waals surface area contributed by atoms with Crippen LogP contribution in [0.2, 0.25) is 0 Å². The molecule has 0 aromatic heterocycles. The normalized spacial score (nSPS) is 26.9. The largest absolute Gasteiger partial charge is 0.347 e. The summed E-state index contributed by atoms with van der Waals surface area (Å²) in [5.41, 5.74) is 0. The summed E-state index contributed by atoms with van der Waals surface area (Å²) in [6, 6.07) is 0.508. The Morgan fingerprint density at radius 3 is 2.43 bits per heavy atom. The van der Waals surface area contributed by atoms with Crippen molar-refractivity contribution < 1.29 is 4.79 Å². The fraction of sp³-hybridized carbons (Fsp3) is 0.900. The third kappa shape index (κ3) is 2.96. The summed E-state index contributed by atoms with van der Waals surface area (Å²) in [6.07, 6.45) is 2.07. The second kappa shape index (κ2) is 4.75. The first kappa shape index (κ1) is 11.5. The summed E-state index contributed by atoms with van der Waals surface area (Å²) in [5, 5.41) is 3.37. The molecule has 0 spiro atoms. The van der Waals surface area contributed by atoms with Crippen molar-refractivity contribution in [1.29, 1.82) is 0 Å². The number of amides is 1. The highest BCUT2D eigenvalue weighted by atomic mass is 16.2. The average Bonchev–Trinajstić information content (AvgIpc) is 2.50. The van der Waals surface area contributed by atoms with E-state index in [9.17, 15) is 4.79 Å². The first-order chi connectivity index (χ1) is 6.50. The Bertz CT molecular complexity index is 204. The highest BCUT2D eigenvalue weighted by molar-refractivity contribution is 5.81. The number of carbonyl (C=O) groups is 1. The lowest BCUT2D eigenvalue weighted by atomic mass is 10.2. The molecule has 14 heavy (non-hydrogen) atoms. The van der Waals surface area contributed by atoms with Crippen LogP contribution >= 0.6 is 0 Å². The van der Waals surface area contributed by atoms with E-state index in [1.807, 2.05) is 14.1 Å². The third-order valence-electron chi connectivity index (χ3n) is 2.57. The van der Waals surface area contributed by atoms with Gasteiger partial charge >= 0.3 is 0 Å². The zero-order valence-electron chi connectivity index (χ0n) is 9.58. The smallest absolute Gasteiger partial charge is 0.239 e. The fourth-order valence-corrected chi connectivity index (χ4v) is 1.91. The molecule has 1 fully saturated rings. The second-order valence-corrected chi connectivity index (χ2v) is 4.49. The summed E-state index contributed by atoms with van der Waals surface area (Å²) in [7, 11) is 7.73. The number of rotatable bonds is 3. The van der Waals surface area contributed by atoms with Crippen molar-refractivity contribution in [3.05, 3.63) is 0 Å². The lowest BCUT2D eigenvalue weighted by Gasteiger charge is -2.19. The van der Waals surface area contributed by atoms with Gasteiger partial charge in [-0.2, -0.15) is 0 Å². The molecule has 1 aliphatic rings. The SMILES string of the molecule is CN(C)CC1CCC(C(=O)N(C)C)N1. The number of likely N-dealkylation sites (N-methyl/N-ethyl adjacent to an activating group) is 2. The van der Waals surface area contributed by atoms with E-state index in [4.69, 9.17) is 0 Å². The number of nitrogens with one attached hydrogen (secondary N) is 1. The van der Waals surface area contributed by atoms with Gasteiger partial charge in [0.05, 0.1) is 6.04 Å². The van der Waals surface area contributed by atoms with Crippen molar-refractivity contribution in [2.24, 2.45) is 0 Å². The van der Waals surface area contributed by atoms with E-state index in [1.165, 1.54) is 0 Å². The van der Waals surface area contributed by atoms with Gasteiger partial charge in [0.15, 0.2) is 0 Å². The maximum absolute atomic E-state index is 11.6. The van der Waals surface area contributed by atoms with Gasteiger partial charge in [-0.05, 0) is 26.9 Å². The molecule has 1 aliphatic heterocycles. The number of hydrogen-bond acceptors (Lipinski definition) is 3. The molecule has 1 N–H and O–H groups in total. The van der Waals surface area contributed by atoms with Gasteiger partial charge < -0.3 is 15.1 Å². The van der Waals surface area contributed by atoms with Crippen molar-refractivity contribution in [3.63, 3.8) is 0 Å². The Hall–Kier alpha value is -0.610. The summed E-state index contributed by atoms with van der Waals surface area (Å²) in [6.45, 7) is 1.01. The molecule has 4 heteroatoms. The van der Waals surface area contributed by atoms with Crippen LogP contribution in [-0.4, -0.2) is 62.5 Å². The molecule has 1 amide bonds. The second-order valence-electron chi connectivity index (χ2n) is 4.49. The molecule has 4 nitrogen and oxygen atoms in total. The molecule has 0 aromatic rings. The van der Waals surface area contributed by atoms with Crippen molar-refractivity contribution in [3.8, 4) is 0 Å². The molecule has 0 saturated carbocycles. The monoisotopic (exact) mass is 199 g/mol. The molecular formula is C10H21N3O. The average molecular weight is 199 g/mol. The van der Waals surface area contributed by atoms with Crippen LogP contribution in [0.5, 0.6) is 0 Å². The number of nitrogens with zero attached hydrogens (tertiary/aromatic N) is 2. The summed E-state index contributed by atoms with van der Waals surface area (Å²) in [4.78, 5) is 15.4. The van der Waals surface area contributed by atoms with Crippen LogP contribution in [0.15, 0.2) is 0 Å². The van der Waals surface area contributed by atoms with Gasteiger partial charge in [-0.25, -0.2) is 0 Å². The zero-order chi connectivity index (χ0) is 10.7. The maximum Gasteiger partial charge on any atom is 0.239 e. The van der Waals surface area contributed by atoms with Crippen LogP contribution in [0.25, 0.3) is 0 Å². The van der Waals surface area contributed by atoms with Gasteiger partial charge in [0.2, 0.25) is 5.91 Å². The molecule has 1 saturated heterocycles. The van der Waals surface area contributed by atoms with Crippen molar-refractivity contribution in [2.45, 2.75) is 24.9 Å². The first-order valence-electron chi connectivity index (χ1n) is 5.12. The highest BCUT2D eigenvalue weighted by Crippen LogP contribution is 2.14. The lowest BCUT2D eigenvalue weighted by Crippen LogP contribution is -2.44. The summed E-state index contributed by atoms with van der Waals surface area (Å²) < 4.78 is 0. The lowest BCUT2D eigenvalue weighted by molar-refractivity contribution is -0.130. The molecule has 1 rings (SSSR count). The van der Waals surface area contributed by atoms with E-state index in [1.54, 1.807) is 4.90 Å². The molecule has 2 atom stereocenters. The van der Waals surface area contributed by atoms with E-state index < -0.39 is 0 Å². The van der Waals surface area contributed by atoms with E-state index in [0.29, 0.717) is 6.04 Å². The predicted molar refractivity (Wildman–Crippen MR) is 57.2 cm³/mol. The Morgan fingerprint density at radius 2 is 1.93 bits per heavy atom. The predicted octanol–water partition coefficient (Wildman–Crippen LogP) is -0.243.